The predicted molar refractivity (Wildman–Crippen MR) is 93.8 cm³/mol. The van der Waals surface area contributed by atoms with Crippen molar-refractivity contribution in [3.63, 3.8) is 0 Å². The van der Waals surface area contributed by atoms with Crippen molar-refractivity contribution < 1.29 is 4.79 Å². The van der Waals surface area contributed by atoms with Gasteiger partial charge in [-0.05, 0) is 37.3 Å². The van der Waals surface area contributed by atoms with Crippen LogP contribution in [0.2, 0.25) is 0 Å². The first-order chi connectivity index (χ1) is 11.3. The number of piperidine rings is 1. The van der Waals surface area contributed by atoms with E-state index in [1.54, 1.807) is 30.4 Å². The van der Waals surface area contributed by atoms with E-state index in [2.05, 4.69) is 20.2 Å². The average Bonchev–Trinajstić information content (AvgIpc) is 2.63. The van der Waals surface area contributed by atoms with E-state index in [9.17, 15) is 4.79 Å². The minimum atomic E-state index is 0.0563. The van der Waals surface area contributed by atoms with Crippen molar-refractivity contribution in [2.45, 2.75) is 17.7 Å². The highest BCUT2D eigenvalue weighted by molar-refractivity contribution is 7.98. The van der Waals surface area contributed by atoms with E-state index >= 15 is 0 Å². The number of thioether (sulfide) groups is 1. The number of hydrogen-bond donors (Lipinski definition) is 1. The van der Waals surface area contributed by atoms with Crippen LogP contribution in [0.15, 0.2) is 47.8 Å². The fourth-order valence-corrected chi connectivity index (χ4v) is 3.23. The Kier molecular flexibility index (Phi) is 5.12. The van der Waals surface area contributed by atoms with E-state index in [0.717, 1.165) is 42.3 Å². The summed E-state index contributed by atoms with van der Waals surface area (Å²) < 4.78 is 0. The molecule has 0 atom stereocenters. The lowest BCUT2D eigenvalue weighted by molar-refractivity contribution is -0.120. The number of benzene rings is 1. The molecule has 1 amide bonds. The molecule has 1 saturated heterocycles. The Labute approximate surface area is 140 Å². The van der Waals surface area contributed by atoms with Gasteiger partial charge in [0, 0.05) is 42.0 Å². The van der Waals surface area contributed by atoms with Crippen LogP contribution in [-0.4, -0.2) is 35.2 Å². The summed E-state index contributed by atoms with van der Waals surface area (Å²) in [4.78, 5) is 24.2. The van der Waals surface area contributed by atoms with Crippen LogP contribution in [0.1, 0.15) is 12.8 Å². The zero-order chi connectivity index (χ0) is 16.1. The number of carbonyl (C=O) groups excluding carboxylic acids is 1. The van der Waals surface area contributed by atoms with Gasteiger partial charge in [0.25, 0.3) is 0 Å². The molecule has 6 heteroatoms. The summed E-state index contributed by atoms with van der Waals surface area (Å²) in [5.41, 5.74) is 0.873. The summed E-state index contributed by atoms with van der Waals surface area (Å²) in [5.74, 6) is 1.06. The first-order valence-electron chi connectivity index (χ1n) is 7.72. The maximum atomic E-state index is 12.4. The minimum Gasteiger partial charge on any atom is -0.355 e. The summed E-state index contributed by atoms with van der Waals surface area (Å²) in [7, 11) is 0. The van der Waals surface area contributed by atoms with Gasteiger partial charge in [0.2, 0.25) is 5.91 Å². The molecule has 2 aromatic rings. The number of nitrogens with zero attached hydrogens (tertiary/aromatic N) is 3. The second kappa shape index (κ2) is 7.46. The third-order valence-electron chi connectivity index (χ3n) is 4.08. The molecule has 3 rings (SSSR count). The van der Waals surface area contributed by atoms with E-state index in [-0.39, 0.29) is 11.8 Å². The van der Waals surface area contributed by atoms with Crippen molar-refractivity contribution in [1.82, 2.24) is 9.97 Å². The second-order valence-corrected chi connectivity index (χ2v) is 6.43. The molecule has 0 saturated carbocycles. The van der Waals surface area contributed by atoms with Gasteiger partial charge in [-0.3, -0.25) is 9.78 Å². The van der Waals surface area contributed by atoms with Gasteiger partial charge in [-0.2, -0.15) is 0 Å². The van der Waals surface area contributed by atoms with Gasteiger partial charge in [0.05, 0.1) is 6.20 Å². The maximum absolute atomic E-state index is 12.4. The summed E-state index contributed by atoms with van der Waals surface area (Å²) in [5, 5.41) is 3.04. The molecule has 0 unspecified atom stereocenters. The Bertz CT molecular complexity index is 657. The number of amides is 1. The van der Waals surface area contributed by atoms with E-state index in [1.807, 2.05) is 30.5 Å². The van der Waals surface area contributed by atoms with Gasteiger partial charge < -0.3 is 10.2 Å². The predicted octanol–water partition coefficient (Wildman–Crippen LogP) is 3.05. The Balaban J connectivity index is 1.56. The van der Waals surface area contributed by atoms with Crippen LogP contribution in [0, 0.1) is 5.92 Å². The molecule has 1 N–H and O–H groups in total. The van der Waals surface area contributed by atoms with Crippen molar-refractivity contribution in [2.75, 3.05) is 29.6 Å². The Morgan fingerprint density at radius 1 is 1.30 bits per heavy atom. The third-order valence-corrected chi connectivity index (χ3v) is 4.80. The molecule has 0 spiro atoms. The van der Waals surface area contributed by atoms with Gasteiger partial charge in [0.15, 0.2) is 0 Å². The first-order valence-corrected chi connectivity index (χ1v) is 8.94. The van der Waals surface area contributed by atoms with Crippen LogP contribution in [-0.2, 0) is 4.79 Å². The minimum absolute atomic E-state index is 0.0563. The zero-order valence-corrected chi connectivity index (χ0v) is 13.9. The van der Waals surface area contributed by atoms with Crippen molar-refractivity contribution >= 4 is 29.2 Å². The van der Waals surface area contributed by atoms with Crippen molar-refractivity contribution in [3.8, 4) is 0 Å². The molecule has 0 bridgehead atoms. The summed E-state index contributed by atoms with van der Waals surface area (Å²) in [6.07, 6.45) is 8.85. The molecule has 120 valence electrons. The summed E-state index contributed by atoms with van der Waals surface area (Å²) >= 11 is 1.67. The van der Waals surface area contributed by atoms with Crippen LogP contribution < -0.4 is 10.2 Å². The van der Waals surface area contributed by atoms with Crippen LogP contribution in [0.5, 0.6) is 0 Å². The van der Waals surface area contributed by atoms with Crippen LogP contribution >= 0.6 is 11.8 Å². The Morgan fingerprint density at radius 3 is 2.83 bits per heavy atom. The lowest BCUT2D eigenvalue weighted by Gasteiger charge is -2.31. The monoisotopic (exact) mass is 328 g/mol. The molecule has 23 heavy (non-hydrogen) atoms. The van der Waals surface area contributed by atoms with Crippen LogP contribution in [0.25, 0.3) is 0 Å². The van der Waals surface area contributed by atoms with Gasteiger partial charge in [0.1, 0.15) is 5.82 Å². The molecule has 0 radical (unpaired) electrons. The van der Waals surface area contributed by atoms with Crippen LogP contribution in [0.3, 0.4) is 0 Å². The van der Waals surface area contributed by atoms with Gasteiger partial charge >= 0.3 is 0 Å². The molecule has 1 aromatic heterocycles. The summed E-state index contributed by atoms with van der Waals surface area (Å²) in [6, 6.07) is 7.96. The second-order valence-electron chi connectivity index (χ2n) is 5.55. The average molecular weight is 328 g/mol. The lowest BCUT2D eigenvalue weighted by Crippen LogP contribution is -2.38. The van der Waals surface area contributed by atoms with Gasteiger partial charge in [-0.1, -0.05) is 6.07 Å². The quantitative estimate of drug-likeness (QED) is 0.874. The normalized spacial score (nSPS) is 15.4. The highest BCUT2D eigenvalue weighted by Crippen LogP contribution is 2.24. The lowest BCUT2D eigenvalue weighted by atomic mass is 9.96. The maximum Gasteiger partial charge on any atom is 0.227 e. The van der Waals surface area contributed by atoms with E-state index in [1.165, 1.54) is 0 Å². The molecule has 1 fully saturated rings. The molecular weight excluding hydrogens is 308 g/mol. The van der Waals surface area contributed by atoms with Gasteiger partial charge in [-0.15, -0.1) is 11.8 Å². The highest BCUT2D eigenvalue weighted by Gasteiger charge is 2.25. The Morgan fingerprint density at radius 2 is 2.13 bits per heavy atom. The molecule has 1 aromatic carbocycles. The third kappa shape index (κ3) is 4.01. The highest BCUT2D eigenvalue weighted by atomic mass is 32.2. The van der Waals surface area contributed by atoms with E-state index < -0.39 is 0 Å². The van der Waals surface area contributed by atoms with Crippen molar-refractivity contribution in [3.05, 3.63) is 42.9 Å². The molecule has 0 aliphatic carbocycles. The molecule has 1 aliphatic heterocycles. The van der Waals surface area contributed by atoms with E-state index in [0.29, 0.717) is 0 Å². The first kappa shape index (κ1) is 15.8. The fourth-order valence-electron chi connectivity index (χ4n) is 2.77. The largest absolute Gasteiger partial charge is 0.355 e. The molecule has 2 heterocycles. The molecule has 1 aliphatic rings. The van der Waals surface area contributed by atoms with Crippen molar-refractivity contribution in [1.29, 1.82) is 0 Å². The number of nitrogens with one attached hydrogen (secondary N) is 1. The SMILES string of the molecule is CSc1cccc(NC(=O)C2CCN(c3cnccn3)CC2)c1. The molecule has 5 nitrogen and oxygen atoms in total. The summed E-state index contributed by atoms with van der Waals surface area (Å²) in [6.45, 7) is 1.67. The smallest absolute Gasteiger partial charge is 0.227 e. The van der Waals surface area contributed by atoms with Crippen molar-refractivity contribution in [2.24, 2.45) is 5.92 Å². The Hall–Kier alpha value is -2.08. The molecular formula is C17H20N4OS. The number of anilines is 2. The number of carbonyl (C=O) groups is 1. The van der Waals surface area contributed by atoms with E-state index in [4.69, 9.17) is 0 Å². The number of aromatic nitrogens is 2. The van der Waals surface area contributed by atoms with Crippen LogP contribution in [0.4, 0.5) is 11.5 Å². The van der Waals surface area contributed by atoms with Gasteiger partial charge in [-0.25, -0.2) is 4.98 Å². The standard InChI is InChI=1S/C17H20N4OS/c1-23-15-4-2-3-14(11-15)20-17(22)13-5-9-21(10-6-13)16-12-18-7-8-19-16/h2-4,7-8,11-13H,5-6,9-10H2,1H3,(H,20,22). The number of hydrogen-bond acceptors (Lipinski definition) is 5. The fraction of sp³-hybridized carbons (Fsp3) is 0.353. The zero-order valence-electron chi connectivity index (χ0n) is 13.1. The topological polar surface area (TPSA) is 58.1 Å². The number of rotatable bonds is 4.